The summed E-state index contributed by atoms with van der Waals surface area (Å²) in [6.07, 6.45) is 2.36. The lowest BCUT2D eigenvalue weighted by Gasteiger charge is -2.26. The van der Waals surface area contributed by atoms with E-state index in [0.717, 1.165) is 6.20 Å². The summed E-state index contributed by atoms with van der Waals surface area (Å²) < 4.78 is 24.3. The van der Waals surface area contributed by atoms with E-state index in [1.165, 1.54) is 6.08 Å². The van der Waals surface area contributed by atoms with Crippen LogP contribution in [-0.2, 0) is 9.53 Å². The van der Waals surface area contributed by atoms with Gasteiger partial charge in [-0.05, 0) is 35.4 Å². The Morgan fingerprint density at radius 1 is 1.41 bits per heavy atom. The van der Waals surface area contributed by atoms with Gasteiger partial charge in [0, 0.05) is 13.1 Å². The Labute approximate surface area is 159 Å². The van der Waals surface area contributed by atoms with E-state index in [0.29, 0.717) is 31.9 Å². The molecule has 1 fully saturated rings. The van der Waals surface area contributed by atoms with Gasteiger partial charge >= 0.3 is 0 Å². The SMILES string of the molecule is N#C/C(=C\c1cccc(Oc2nc(Cl)ncc2F)c1)C(=O)N1CCOCC1. The highest BCUT2D eigenvalue weighted by Gasteiger charge is 2.20. The summed E-state index contributed by atoms with van der Waals surface area (Å²) in [7, 11) is 0. The predicted molar refractivity (Wildman–Crippen MR) is 94.5 cm³/mol. The molecular formula is C18H14ClFN4O3. The highest BCUT2D eigenvalue weighted by molar-refractivity contribution is 6.28. The van der Waals surface area contributed by atoms with Crippen molar-refractivity contribution >= 4 is 23.6 Å². The average Bonchev–Trinajstić information content (AvgIpc) is 2.69. The van der Waals surface area contributed by atoms with Crippen LogP contribution >= 0.6 is 11.6 Å². The molecule has 1 amide bonds. The van der Waals surface area contributed by atoms with E-state index in [2.05, 4.69) is 9.97 Å². The van der Waals surface area contributed by atoms with Crippen LogP contribution in [0.5, 0.6) is 11.6 Å². The first-order valence-electron chi connectivity index (χ1n) is 8.01. The van der Waals surface area contributed by atoms with Crippen molar-refractivity contribution < 1.29 is 18.7 Å². The van der Waals surface area contributed by atoms with Gasteiger partial charge in [-0.25, -0.2) is 4.98 Å². The molecule has 1 aromatic carbocycles. The predicted octanol–water partition coefficient (Wildman–Crippen LogP) is 2.83. The van der Waals surface area contributed by atoms with Crippen LogP contribution in [0.4, 0.5) is 4.39 Å². The lowest BCUT2D eigenvalue weighted by molar-refractivity contribution is -0.130. The molecule has 1 aliphatic rings. The quantitative estimate of drug-likeness (QED) is 0.454. The van der Waals surface area contributed by atoms with Crippen molar-refractivity contribution in [2.24, 2.45) is 0 Å². The number of carbonyl (C=O) groups excluding carboxylic acids is 1. The smallest absolute Gasteiger partial charge is 0.264 e. The lowest BCUT2D eigenvalue weighted by atomic mass is 10.1. The van der Waals surface area contributed by atoms with Gasteiger partial charge in [0.05, 0.1) is 19.4 Å². The topological polar surface area (TPSA) is 88.3 Å². The Balaban J connectivity index is 1.81. The fourth-order valence-electron chi connectivity index (χ4n) is 2.43. The van der Waals surface area contributed by atoms with Crippen molar-refractivity contribution in [3.63, 3.8) is 0 Å². The molecule has 0 aliphatic carbocycles. The van der Waals surface area contributed by atoms with Crippen LogP contribution in [0, 0.1) is 17.1 Å². The van der Waals surface area contributed by atoms with Crippen molar-refractivity contribution in [3.05, 3.63) is 52.7 Å². The van der Waals surface area contributed by atoms with E-state index in [-0.39, 0.29) is 28.4 Å². The summed E-state index contributed by atoms with van der Waals surface area (Å²) in [5, 5.41) is 9.20. The van der Waals surface area contributed by atoms with Crippen LogP contribution in [0.15, 0.2) is 36.0 Å². The Hall–Kier alpha value is -3.02. The average molecular weight is 389 g/mol. The summed E-state index contributed by atoms with van der Waals surface area (Å²) >= 11 is 5.65. The van der Waals surface area contributed by atoms with Gasteiger partial charge in [0.15, 0.2) is 0 Å². The molecule has 7 nitrogen and oxygen atoms in total. The van der Waals surface area contributed by atoms with E-state index in [1.807, 2.05) is 6.07 Å². The zero-order valence-corrected chi connectivity index (χ0v) is 14.8. The lowest BCUT2D eigenvalue weighted by Crippen LogP contribution is -2.41. The maximum Gasteiger partial charge on any atom is 0.264 e. The molecule has 2 heterocycles. The molecule has 0 spiro atoms. The third-order valence-corrected chi connectivity index (χ3v) is 3.90. The second-order valence-corrected chi connectivity index (χ2v) is 5.88. The van der Waals surface area contributed by atoms with E-state index < -0.39 is 5.82 Å². The van der Waals surface area contributed by atoms with Crippen LogP contribution in [0.2, 0.25) is 5.28 Å². The second kappa shape index (κ2) is 8.58. The van der Waals surface area contributed by atoms with E-state index in [9.17, 15) is 14.4 Å². The molecule has 0 bridgehead atoms. The van der Waals surface area contributed by atoms with Gasteiger partial charge in [-0.15, -0.1) is 0 Å². The van der Waals surface area contributed by atoms with Gasteiger partial charge in [-0.1, -0.05) is 12.1 Å². The first-order chi connectivity index (χ1) is 13.1. The standard InChI is InChI=1S/C18H14ClFN4O3/c19-18-22-11-15(20)16(23-18)27-14-3-1-2-12(9-14)8-13(10-21)17(25)24-4-6-26-7-5-24/h1-3,8-9,11H,4-7H2/b13-8+. The first-order valence-corrected chi connectivity index (χ1v) is 8.39. The van der Waals surface area contributed by atoms with Crippen LogP contribution in [0.3, 0.4) is 0 Å². The third-order valence-electron chi connectivity index (χ3n) is 3.72. The number of hydrogen-bond donors (Lipinski definition) is 0. The largest absolute Gasteiger partial charge is 0.436 e. The van der Waals surface area contributed by atoms with Gasteiger partial charge in [0.25, 0.3) is 11.8 Å². The summed E-state index contributed by atoms with van der Waals surface area (Å²) in [6, 6.07) is 8.41. The maximum atomic E-state index is 13.7. The van der Waals surface area contributed by atoms with Crippen molar-refractivity contribution in [2.45, 2.75) is 0 Å². The Morgan fingerprint density at radius 3 is 2.93 bits per heavy atom. The number of ether oxygens (including phenoxy) is 2. The van der Waals surface area contributed by atoms with E-state index in [1.54, 1.807) is 29.2 Å². The summed E-state index contributed by atoms with van der Waals surface area (Å²) in [6.45, 7) is 1.77. The first kappa shape index (κ1) is 18.8. The molecule has 138 valence electrons. The molecule has 2 aromatic rings. The zero-order valence-electron chi connectivity index (χ0n) is 14.1. The number of amides is 1. The molecule has 9 heteroatoms. The fourth-order valence-corrected chi connectivity index (χ4v) is 2.55. The minimum Gasteiger partial charge on any atom is -0.436 e. The molecule has 3 rings (SSSR count). The number of carbonyl (C=O) groups is 1. The Morgan fingerprint density at radius 2 is 2.19 bits per heavy atom. The monoisotopic (exact) mass is 388 g/mol. The Kier molecular flexibility index (Phi) is 5.96. The molecule has 27 heavy (non-hydrogen) atoms. The summed E-state index contributed by atoms with van der Waals surface area (Å²) in [4.78, 5) is 21.2. The van der Waals surface area contributed by atoms with Gasteiger partial charge in [0.1, 0.15) is 17.4 Å². The van der Waals surface area contributed by atoms with Crippen molar-refractivity contribution in [2.75, 3.05) is 26.3 Å². The Bertz CT molecular complexity index is 923. The molecule has 1 aliphatic heterocycles. The van der Waals surface area contributed by atoms with Gasteiger partial charge in [0.2, 0.25) is 11.1 Å². The number of rotatable bonds is 4. The number of benzene rings is 1. The van der Waals surface area contributed by atoms with Crippen LogP contribution in [0.25, 0.3) is 6.08 Å². The van der Waals surface area contributed by atoms with E-state index >= 15 is 0 Å². The number of aromatic nitrogens is 2. The van der Waals surface area contributed by atoms with Crippen molar-refractivity contribution in [1.82, 2.24) is 14.9 Å². The van der Waals surface area contributed by atoms with Crippen LogP contribution in [0.1, 0.15) is 5.56 Å². The molecule has 0 radical (unpaired) electrons. The molecule has 0 saturated carbocycles. The highest BCUT2D eigenvalue weighted by Crippen LogP contribution is 2.24. The van der Waals surface area contributed by atoms with Gasteiger partial charge in [-0.2, -0.15) is 14.6 Å². The maximum absolute atomic E-state index is 13.7. The minimum absolute atomic E-state index is 0.00897. The summed E-state index contributed by atoms with van der Waals surface area (Å²) in [5.41, 5.74) is 0.538. The van der Waals surface area contributed by atoms with Crippen molar-refractivity contribution in [3.8, 4) is 17.7 Å². The molecule has 0 unspecified atom stereocenters. The minimum atomic E-state index is -0.763. The summed E-state index contributed by atoms with van der Waals surface area (Å²) in [5.74, 6) is -1.17. The third kappa shape index (κ3) is 4.78. The molecule has 1 saturated heterocycles. The number of nitriles is 1. The zero-order chi connectivity index (χ0) is 19.2. The number of nitrogens with zero attached hydrogens (tertiary/aromatic N) is 4. The van der Waals surface area contributed by atoms with Crippen LogP contribution < -0.4 is 4.74 Å². The molecule has 0 atom stereocenters. The number of halogens is 2. The van der Waals surface area contributed by atoms with Gasteiger partial charge in [-0.3, -0.25) is 4.79 Å². The van der Waals surface area contributed by atoms with E-state index in [4.69, 9.17) is 21.1 Å². The molecule has 0 N–H and O–H groups in total. The molecule has 1 aromatic heterocycles. The number of hydrogen-bond acceptors (Lipinski definition) is 6. The van der Waals surface area contributed by atoms with Crippen molar-refractivity contribution in [1.29, 1.82) is 5.26 Å². The normalized spacial score (nSPS) is 14.6. The van der Waals surface area contributed by atoms with Gasteiger partial charge < -0.3 is 14.4 Å². The number of morpholine rings is 1. The second-order valence-electron chi connectivity index (χ2n) is 5.54. The van der Waals surface area contributed by atoms with Crippen LogP contribution in [-0.4, -0.2) is 47.1 Å². The fraction of sp³-hybridized carbons (Fsp3) is 0.222. The highest BCUT2D eigenvalue weighted by atomic mass is 35.5. The molecular weight excluding hydrogens is 375 g/mol.